The predicted octanol–water partition coefficient (Wildman–Crippen LogP) is 4.32. The van der Waals surface area contributed by atoms with Gasteiger partial charge in [0.25, 0.3) is 0 Å². The number of hydrogen-bond donors (Lipinski definition) is 1. The second-order valence-corrected chi connectivity index (χ2v) is 7.62. The maximum absolute atomic E-state index is 12.5. The topological polar surface area (TPSA) is 47.6 Å². The van der Waals surface area contributed by atoms with Crippen LogP contribution in [0, 0.1) is 5.82 Å². The first-order chi connectivity index (χ1) is 12.6. The summed E-state index contributed by atoms with van der Waals surface area (Å²) in [6.07, 6.45) is 0.400. The Bertz CT molecular complexity index is 760. The lowest BCUT2D eigenvalue weighted by Gasteiger charge is -2.32. The van der Waals surface area contributed by atoms with Crippen molar-refractivity contribution >= 4 is 36.2 Å². The monoisotopic (exact) mass is 391 g/mol. The van der Waals surface area contributed by atoms with Gasteiger partial charge < -0.3 is 14.6 Å². The van der Waals surface area contributed by atoms with Crippen LogP contribution in [0.25, 0.3) is 0 Å². The Labute approximate surface area is 165 Å². The lowest BCUT2D eigenvalue weighted by Crippen LogP contribution is -2.41. The number of benzene rings is 2. The summed E-state index contributed by atoms with van der Waals surface area (Å²) < 4.78 is 24.5. The molecule has 27 heavy (non-hydrogen) atoms. The Balaban J connectivity index is 0.000000223. The van der Waals surface area contributed by atoms with Crippen LogP contribution in [0.2, 0.25) is 5.02 Å². The Morgan fingerprint density at radius 3 is 2.00 bits per heavy atom. The van der Waals surface area contributed by atoms with Gasteiger partial charge >= 0.3 is 7.12 Å². The average Bonchev–Trinajstić information content (AvgIpc) is 2.83. The van der Waals surface area contributed by atoms with Crippen LogP contribution >= 0.6 is 11.6 Å². The summed E-state index contributed by atoms with van der Waals surface area (Å²) in [6, 6.07) is 12.2. The SMILES string of the molecule is CNc1ccc(B2OC(C)(C)C(C)(C)O2)cc1.O=Cc1c(F)cccc1Cl. The molecule has 0 aliphatic carbocycles. The van der Waals surface area contributed by atoms with Crippen LogP contribution < -0.4 is 10.8 Å². The molecule has 0 bridgehead atoms. The number of anilines is 1. The summed E-state index contributed by atoms with van der Waals surface area (Å²) >= 11 is 5.46. The summed E-state index contributed by atoms with van der Waals surface area (Å²) in [7, 11) is 1.63. The second-order valence-electron chi connectivity index (χ2n) is 7.21. The molecule has 0 spiro atoms. The summed E-state index contributed by atoms with van der Waals surface area (Å²) in [5.74, 6) is -0.581. The molecule has 1 saturated heterocycles. The van der Waals surface area contributed by atoms with Crippen molar-refractivity contribution in [2.24, 2.45) is 0 Å². The molecule has 0 amide bonds. The lowest BCUT2D eigenvalue weighted by atomic mass is 9.79. The molecule has 144 valence electrons. The van der Waals surface area contributed by atoms with E-state index in [1.165, 1.54) is 18.2 Å². The quantitative estimate of drug-likeness (QED) is 0.625. The number of rotatable bonds is 3. The fourth-order valence-electron chi connectivity index (χ4n) is 2.41. The van der Waals surface area contributed by atoms with Crippen molar-refractivity contribution in [3.8, 4) is 0 Å². The van der Waals surface area contributed by atoms with E-state index in [0.717, 1.165) is 11.2 Å². The van der Waals surface area contributed by atoms with E-state index in [1.54, 1.807) is 0 Å². The van der Waals surface area contributed by atoms with Crippen LogP contribution in [-0.4, -0.2) is 31.7 Å². The summed E-state index contributed by atoms with van der Waals surface area (Å²) in [4.78, 5) is 10.1. The molecule has 0 saturated carbocycles. The summed E-state index contributed by atoms with van der Waals surface area (Å²) in [5.41, 5.74) is 1.51. The van der Waals surface area contributed by atoms with Gasteiger partial charge in [-0.2, -0.15) is 0 Å². The molecule has 1 heterocycles. The van der Waals surface area contributed by atoms with Crippen molar-refractivity contribution in [1.82, 2.24) is 0 Å². The third kappa shape index (κ3) is 4.89. The molecule has 0 atom stereocenters. The highest BCUT2D eigenvalue weighted by molar-refractivity contribution is 6.62. The molecule has 0 unspecified atom stereocenters. The smallest absolute Gasteiger partial charge is 0.399 e. The molecular formula is C20H24BClFNO3. The van der Waals surface area contributed by atoms with Gasteiger partial charge in [0.15, 0.2) is 6.29 Å². The van der Waals surface area contributed by atoms with E-state index in [0.29, 0.717) is 6.29 Å². The van der Waals surface area contributed by atoms with Gasteiger partial charge in [0.2, 0.25) is 0 Å². The van der Waals surface area contributed by atoms with Gasteiger partial charge in [0.1, 0.15) is 5.82 Å². The van der Waals surface area contributed by atoms with Crippen LogP contribution in [0.3, 0.4) is 0 Å². The van der Waals surface area contributed by atoms with Crippen molar-refractivity contribution in [2.75, 3.05) is 12.4 Å². The third-order valence-corrected chi connectivity index (χ3v) is 5.17. The second kappa shape index (κ2) is 8.42. The normalized spacial score (nSPS) is 17.1. The van der Waals surface area contributed by atoms with Crippen molar-refractivity contribution in [2.45, 2.75) is 38.9 Å². The Kier molecular flexibility index (Phi) is 6.68. The highest BCUT2D eigenvalue weighted by Crippen LogP contribution is 2.36. The lowest BCUT2D eigenvalue weighted by molar-refractivity contribution is 0.00578. The molecule has 0 radical (unpaired) electrons. The van der Waals surface area contributed by atoms with E-state index in [9.17, 15) is 9.18 Å². The fourth-order valence-corrected chi connectivity index (χ4v) is 2.62. The van der Waals surface area contributed by atoms with Gasteiger partial charge in [-0.3, -0.25) is 4.79 Å². The van der Waals surface area contributed by atoms with Crippen molar-refractivity contribution in [3.05, 3.63) is 58.9 Å². The molecule has 4 nitrogen and oxygen atoms in total. The number of aldehydes is 1. The standard InChI is InChI=1S/C13H20BNO2.C7H4ClFO/c1-12(2)13(3,4)17-14(16-12)10-6-8-11(15-5)9-7-10;8-6-2-1-3-7(9)5(6)4-10/h6-9,15H,1-5H3;1-4H. The van der Waals surface area contributed by atoms with Crippen LogP contribution in [0.5, 0.6) is 0 Å². The highest BCUT2D eigenvalue weighted by atomic mass is 35.5. The van der Waals surface area contributed by atoms with Crippen LogP contribution in [-0.2, 0) is 9.31 Å². The summed E-state index contributed by atoms with van der Waals surface area (Å²) in [6.45, 7) is 8.26. The van der Waals surface area contributed by atoms with Crippen molar-refractivity contribution < 1.29 is 18.5 Å². The van der Waals surface area contributed by atoms with E-state index in [1.807, 2.05) is 31.3 Å². The first kappa shape index (κ1) is 21.4. The molecule has 2 aromatic carbocycles. The zero-order valence-corrected chi connectivity index (χ0v) is 16.9. The van der Waals surface area contributed by atoms with Crippen LogP contribution in [0.1, 0.15) is 38.1 Å². The minimum absolute atomic E-state index is 0.0795. The molecule has 3 rings (SSSR count). The summed E-state index contributed by atoms with van der Waals surface area (Å²) in [5, 5.41) is 3.24. The highest BCUT2D eigenvalue weighted by Gasteiger charge is 2.51. The molecule has 2 aromatic rings. The van der Waals surface area contributed by atoms with E-state index in [-0.39, 0.29) is 28.9 Å². The number of hydrogen-bond acceptors (Lipinski definition) is 4. The number of nitrogens with one attached hydrogen (secondary N) is 1. The van der Waals surface area contributed by atoms with Crippen molar-refractivity contribution in [1.29, 1.82) is 0 Å². The molecule has 1 N–H and O–H groups in total. The van der Waals surface area contributed by atoms with E-state index >= 15 is 0 Å². The molecule has 1 fully saturated rings. The zero-order valence-electron chi connectivity index (χ0n) is 16.2. The Morgan fingerprint density at radius 1 is 1.04 bits per heavy atom. The predicted molar refractivity (Wildman–Crippen MR) is 109 cm³/mol. The van der Waals surface area contributed by atoms with Gasteiger partial charge in [-0.1, -0.05) is 29.8 Å². The minimum Gasteiger partial charge on any atom is -0.399 e. The van der Waals surface area contributed by atoms with Gasteiger partial charge in [0.05, 0.1) is 21.8 Å². The van der Waals surface area contributed by atoms with Crippen LogP contribution in [0.15, 0.2) is 42.5 Å². The van der Waals surface area contributed by atoms with E-state index in [4.69, 9.17) is 20.9 Å². The fraction of sp³-hybridized carbons (Fsp3) is 0.350. The maximum Gasteiger partial charge on any atom is 0.494 e. The van der Waals surface area contributed by atoms with E-state index < -0.39 is 5.82 Å². The molecule has 7 heteroatoms. The molecule has 1 aliphatic heterocycles. The van der Waals surface area contributed by atoms with Crippen molar-refractivity contribution in [3.63, 3.8) is 0 Å². The number of halogens is 2. The zero-order chi connectivity index (χ0) is 20.2. The molecular weight excluding hydrogens is 367 g/mol. The number of carbonyl (C=O) groups excluding carboxylic acids is 1. The van der Waals surface area contributed by atoms with Gasteiger partial charge in [-0.15, -0.1) is 0 Å². The van der Waals surface area contributed by atoms with Gasteiger partial charge in [-0.25, -0.2) is 4.39 Å². The molecule has 1 aliphatic rings. The third-order valence-electron chi connectivity index (χ3n) is 4.84. The first-order valence-corrected chi connectivity index (χ1v) is 9.01. The van der Waals surface area contributed by atoms with Gasteiger partial charge in [-0.05, 0) is 57.4 Å². The molecule has 0 aromatic heterocycles. The minimum atomic E-state index is -0.581. The number of carbonyl (C=O) groups is 1. The first-order valence-electron chi connectivity index (χ1n) is 8.64. The maximum atomic E-state index is 12.5. The van der Waals surface area contributed by atoms with Crippen LogP contribution in [0.4, 0.5) is 10.1 Å². The Morgan fingerprint density at radius 2 is 1.59 bits per heavy atom. The Hall–Kier alpha value is -1.89. The van der Waals surface area contributed by atoms with E-state index in [2.05, 4.69) is 33.0 Å². The van der Waals surface area contributed by atoms with Gasteiger partial charge in [0, 0.05) is 12.7 Å². The average molecular weight is 392 g/mol. The largest absolute Gasteiger partial charge is 0.494 e.